The molecule has 202 valence electrons. The lowest BCUT2D eigenvalue weighted by Gasteiger charge is -2.30. The van der Waals surface area contributed by atoms with Crippen LogP contribution in [0.3, 0.4) is 0 Å². The van der Waals surface area contributed by atoms with E-state index in [4.69, 9.17) is 20.9 Å². The van der Waals surface area contributed by atoms with Crippen LogP contribution in [0.1, 0.15) is 31.6 Å². The molecule has 0 saturated carbocycles. The highest BCUT2D eigenvalue weighted by Gasteiger charge is 2.30. The monoisotopic (exact) mass is 559 g/mol. The number of hydrogen-bond donors (Lipinski definition) is 1. The molecule has 2 saturated heterocycles. The van der Waals surface area contributed by atoms with Crippen LogP contribution >= 0.6 is 11.6 Å². The van der Waals surface area contributed by atoms with E-state index in [2.05, 4.69) is 20.4 Å². The van der Waals surface area contributed by atoms with Crippen LogP contribution in [0, 0.1) is 5.92 Å². The summed E-state index contributed by atoms with van der Waals surface area (Å²) in [6.07, 6.45) is 3.00. The van der Waals surface area contributed by atoms with Gasteiger partial charge in [-0.05, 0) is 69.1 Å². The molecule has 2 fully saturated rings. The first-order valence-electron chi connectivity index (χ1n) is 12.6. The van der Waals surface area contributed by atoms with Crippen LogP contribution in [0.4, 0.5) is 5.69 Å². The standard InChI is InChI=1S/C26H30ClN5O5S/c1-36-23-8-7-21(38(34,35)32-11-2-3-12-32)16-22(23)28-26(33)18-9-13-31(14-10-18)17-24-29-25(30-37-24)19-5-4-6-20(27)15-19/h4-8,15-16,18H,2-3,9-14,17H2,1H3,(H,28,33). The smallest absolute Gasteiger partial charge is 0.243 e. The van der Waals surface area contributed by atoms with Crippen molar-refractivity contribution in [2.24, 2.45) is 5.92 Å². The molecule has 10 nitrogen and oxygen atoms in total. The summed E-state index contributed by atoms with van der Waals surface area (Å²) in [6.45, 7) is 2.90. The zero-order valence-electron chi connectivity index (χ0n) is 21.1. The van der Waals surface area contributed by atoms with Crippen molar-refractivity contribution in [1.29, 1.82) is 0 Å². The molecule has 0 unspecified atom stereocenters. The maximum absolute atomic E-state index is 13.1. The van der Waals surface area contributed by atoms with Gasteiger partial charge in [0, 0.05) is 29.6 Å². The van der Waals surface area contributed by atoms with Crippen molar-refractivity contribution in [3.8, 4) is 17.1 Å². The van der Waals surface area contributed by atoms with Gasteiger partial charge in [0.05, 0.1) is 24.2 Å². The summed E-state index contributed by atoms with van der Waals surface area (Å²) in [6, 6.07) is 11.9. The van der Waals surface area contributed by atoms with Gasteiger partial charge in [-0.25, -0.2) is 8.42 Å². The Hall–Kier alpha value is -2.99. The molecule has 3 aromatic rings. The first-order chi connectivity index (χ1) is 18.3. The predicted molar refractivity (Wildman–Crippen MR) is 142 cm³/mol. The van der Waals surface area contributed by atoms with Crippen molar-refractivity contribution in [3.63, 3.8) is 0 Å². The van der Waals surface area contributed by atoms with Gasteiger partial charge in [0.2, 0.25) is 27.6 Å². The number of carbonyl (C=O) groups excluding carboxylic acids is 1. The Morgan fingerprint density at radius 2 is 1.89 bits per heavy atom. The van der Waals surface area contributed by atoms with Gasteiger partial charge >= 0.3 is 0 Å². The fourth-order valence-electron chi connectivity index (χ4n) is 4.87. The van der Waals surface area contributed by atoms with Gasteiger partial charge in [0.1, 0.15) is 5.75 Å². The summed E-state index contributed by atoms with van der Waals surface area (Å²) < 4.78 is 38.3. The number of halogens is 1. The number of hydrogen-bond acceptors (Lipinski definition) is 8. The lowest BCUT2D eigenvalue weighted by atomic mass is 9.96. The molecule has 0 atom stereocenters. The van der Waals surface area contributed by atoms with Crippen molar-refractivity contribution in [3.05, 3.63) is 53.4 Å². The highest BCUT2D eigenvalue weighted by molar-refractivity contribution is 7.89. The van der Waals surface area contributed by atoms with E-state index in [1.54, 1.807) is 18.2 Å². The van der Waals surface area contributed by atoms with Gasteiger partial charge in [-0.1, -0.05) is 28.9 Å². The molecule has 0 spiro atoms. The number of amides is 1. The average Bonchev–Trinajstić information content (AvgIpc) is 3.62. The Morgan fingerprint density at radius 1 is 1.13 bits per heavy atom. The molecular weight excluding hydrogens is 530 g/mol. The minimum absolute atomic E-state index is 0.153. The molecule has 2 aliphatic rings. The summed E-state index contributed by atoms with van der Waals surface area (Å²) in [4.78, 5) is 19.9. The second kappa shape index (κ2) is 11.4. The van der Waals surface area contributed by atoms with Gasteiger partial charge in [-0.2, -0.15) is 9.29 Å². The molecule has 1 aromatic heterocycles. The number of ether oxygens (including phenoxy) is 1. The van der Waals surface area contributed by atoms with Gasteiger partial charge in [-0.3, -0.25) is 9.69 Å². The fourth-order valence-corrected chi connectivity index (χ4v) is 6.60. The Morgan fingerprint density at radius 3 is 2.61 bits per heavy atom. The molecule has 12 heteroatoms. The minimum atomic E-state index is -3.61. The molecule has 0 radical (unpaired) electrons. The Balaban J connectivity index is 1.19. The zero-order valence-corrected chi connectivity index (χ0v) is 22.7. The van der Waals surface area contributed by atoms with Crippen molar-refractivity contribution in [2.75, 3.05) is 38.6 Å². The van der Waals surface area contributed by atoms with Gasteiger partial charge < -0.3 is 14.6 Å². The topological polar surface area (TPSA) is 118 Å². The van der Waals surface area contributed by atoms with Crippen molar-refractivity contribution in [1.82, 2.24) is 19.3 Å². The minimum Gasteiger partial charge on any atom is -0.495 e. The largest absolute Gasteiger partial charge is 0.495 e. The van der Waals surface area contributed by atoms with E-state index in [1.165, 1.54) is 23.5 Å². The highest BCUT2D eigenvalue weighted by atomic mass is 35.5. The van der Waals surface area contributed by atoms with Crippen molar-refractivity contribution >= 4 is 33.2 Å². The van der Waals surface area contributed by atoms with Crippen LogP contribution < -0.4 is 10.1 Å². The fraction of sp³-hybridized carbons (Fsp3) is 0.423. The Bertz CT molecular complexity index is 1400. The molecule has 1 N–H and O–H groups in total. The maximum atomic E-state index is 13.1. The van der Waals surface area contributed by atoms with E-state index in [0.717, 1.165) is 18.4 Å². The summed E-state index contributed by atoms with van der Waals surface area (Å²) >= 11 is 6.06. The number of piperidine rings is 1. The number of nitrogens with zero attached hydrogens (tertiary/aromatic N) is 4. The molecule has 0 bridgehead atoms. The molecule has 5 rings (SSSR count). The van der Waals surface area contributed by atoms with Gasteiger partial charge in [-0.15, -0.1) is 0 Å². The second-order valence-corrected chi connectivity index (χ2v) is 11.9. The average molecular weight is 560 g/mol. The number of anilines is 1. The van der Waals surface area contributed by atoms with Crippen molar-refractivity contribution < 1.29 is 22.5 Å². The van der Waals surface area contributed by atoms with E-state index >= 15 is 0 Å². The van der Waals surface area contributed by atoms with Crippen LogP contribution in [-0.2, 0) is 21.4 Å². The molecule has 3 heterocycles. The Kier molecular flexibility index (Phi) is 7.98. The van der Waals surface area contributed by atoms with Crippen LogP contribution in [0.25, 0.3) is 11.4 Å². The van der Waals surface area contributed by atoms with Crippen LogP contribution in [-0.4, -0.2) is 67.0 Å². The predicted octanol–water partition coefficient (Wildman–Crippen LogP) is 4.03. The number of benzene rings is 2. The SMILES string of the molecule is COc1ccc(S(=O)(=O)N2CCCC2)cc1NC(=O)C1CCN(Cc2nc(-c3cccc(Cl)c3)no2)CC1. The third kappa shape index (κ3) is 5.85. The summed E-state index contributed by atoms with van der Waals surface area (Å²) in [5, 5.41) is 7.57. The quantitative estimate of drug-likeness (QED) is 0.439. The first kappa shape index (κ1) is 26.6. The molecule has 2 aromatic carbocycles. The summed E-state index contributed by atoms with van der Waals surface area (Å²) in [5.41, 5.74) is 1.15. The molecule has 0 aliphatic carbocycles. The van der Waals surface area contributed by atoms with Gasteiger partial charge in [0.15, 0.2) is 0 Å². The van der Waals surface area contributed by atoms with E-state index in [0.29, 0.717) is 73.7 Å². The van der Waals surface area contributed by atoms with E-state index in [-0.39, 0.29) is 16.7 Å². The van der Waals surface area contributed by atoms with Crippen LogP contribution in [0.5, 0.6) is 5.75 Å². The Labute approximate surface area is 227 Å². The molecule has 38 heavy (non-hydrogen) atoms. The van der Waals surface area contributed by atoms with E-state index < -0.39 is 10.0 Å². The number of methoxy groups -OCH3 is 1. The zero-order chi connectivity index (χ0) is 26.7. The lowest BCUT2D eigenvalue weighted by molar-refractivity contribution is -0.121. The number of likely N-dealkylation sites (tertiary alicyclic amines) is 1. The number of nitrogens with one attached hydrogen (secondary N) is 1. The second-order valence-electron chi connectivity index (χ2n) is 9.54. The van der Waals surface area contributed by atoms with Crippen LogP contribution in [0.2, 0.25) is 5.02 Å². The number of sulfonamides is 1. The molecular formula is C26H30ClN5O5S. The van der Waals surface area contributed by atoms with Gasteiger partial charge in [0.25, 0.3) is 0 Å². The summed E-state index contributed by atoms with van der Waals surface area (Å²) in [5.74, 6) is 1.05. The number of aromatic nitrogens is 2. The van der Waals surface area contributed by atoms with E-state index in [9.17, 15) is 13.2 Å². The first-order valence-corrected chi connectivity index (χ1v) is 14.5. The summed E-state index contributed by atoms with van der Waals surface area (Å²) in [7, 11) is -2.12. The lowest BCUT2D eigenvalue weighted by Crippen LogP contribution is -2.37. The maximum Gasteiger partial charge on any atom is 0.243 e. The molecule has 1 amide bonds. The molecule has 2 aliphatic heterocycles. The number of carbonyl (C=O) groups is 1. The normalized spacial score (nSPS) is 17.5. The third-order valence-electron chi connectivity index (χ3n) is 7.00. The third-order valence-corrected chi connectivity index (χ3v) is 9.13. The van der Waals surface area contributed by atoms with E-state index in [1.807, 2.05) is 12.1 Å². The van der Waals surface area contributed by atoms with Crippen molar-refractivity contribution in [2.45, 2.75) is 37.1 Å². The van der Waals surface area contributed by atoms with Crippen LogP contribution in [0.15, 0.2) is 51.9 Å². The number of rotatable bonds is 8. The highest BCUT2D eigenvalue weighted by Crippen LogP contribution is 2.31.